The van der Waals surface area contributed by atoms with Gasteiger partial charge in [0.2, 0.25) is 0 Å². The maximum atomic E-state index is 10.1. The first-order chi connectivity index (χ1) is 8.18. The Bertz CT molecular complexity index is 461. The molecule has 0 radical (unpaired) electrons. The van der Waals surface area contributed by atoms with Crippen molar-refractivity contribution in [1.82, 2.24) is 0 Å². The van der Waals surface area contributed by atoms with Crippen molar-refractivity contribution in [1.29, 1.82) is 0 Å². The largest absolute Gasteiger partial charge is 0.493 e. The van der Waals surface area contributed by atoms with Gasteiger partial charge in [0.05, 0.1) is 23.7 Å². The van der Waals surface area contributed by atoms with Crippen molar-refractivity contribution in [3.63, 3.8) is 0 Å². The molecule has 2 atom stereocenters. The molecule has 1 aromatic carbocycles. The second-order valence-electron chi connectivity index (χ2n) is 4.37. The van der Waals surface area contributed by atoms with Gasteiger partial charge >= 0.3 is 0 Å². The average molecular weight is 253 g/mol. The molecule has 0 amide bonds. The molecule has 2 aliphatic heterocycles. The Labute approximate surface area is 102 Å². The van der Waals surface area contributed by atoms with E-state index < -0.39 is 10.6 Å². The third kappa shape index (κ3) is 1.84. The fourth-order valence-electron chi connectivity index (χ4n) is 2.46. The van der Waals surface area contributed by atoms with Crippen molar-refractivity contribution >= 4 is 16.8 Å². The predicted octanol–water partition coefficient (Wildman–Crippen LogP) is 2.71. The molecule has 0 aliphatic carbocycles. The van der Waals surface area contributed by atoms with Crippen LogP contribution in [0.1, 0.15) is 18.0 Å². The van der Waals surface area contributed by atoms with E-state index in [0.717, 1.165) is 11.3 Å². The molecule has 0 spiro atoms. The van der Waals surface area contributed by atoms with Crippen LogP contribution in [-0.2, 0) is 0 Å². The zero-order chi connectivity index (χ0) is 11.9. The lowest BCUT2D eigenvalue weighted by molar-refractivity contribution is 0.313. The van der Waals surface area contributed by atoms with Crippen molar-refractivity contribution in [3.05, 3.63) is 29.8 Å². The van der Waals surface area contributed by atoms with Gasteiger partial charge in [-0.05, 0) is 6.07 Å². The summed E-state index contributed by atoms with van der Waals surface area (Å²) in [7, 11) is -2.58. The molecule has 92 valence electrons. The van der Waals surface area contributed by atoms with Crippen molar-refractivity contribution < 1.29 is 13.8 Å². The van der Waals surface area contributed by atoms with Gasteiger partial charge in [-0.2, -0.15) is 10.6 Å². The quantitative estimate of drug-likeness (QED) is 0.747. The summed E-state index contributed by atoms with van der Waals surface area (Å²) in [5.74, 6) is 1.09. The highest BCUT2D eigenvalue weighted by Crippen LogP contribution is 2.55. The van der Waals surface area contributed by atoms with Gasteiger partial charge in [0, 0.05) is 18.2 Å². The van der Waals surface area contributed by atoms with Crippen LogP contribution in [0.4, 0.5) is 0 Å². The van der Waals surface area contributed by atoms with Crippen LogP contribution in [0.15, 0.2) is 29.3 Å². The monoisotopic (exact) mass is 253 g/mol. The topological polar surface area (TPSA) is 62.0 Å². The Morgan fingerprint density at radius 1 is 1.29 bits per heavy atom. The van der Waals surface area contributed by atoms with Crippen LogP contribution in [0.25, 0.3) is 0 Å². The van der Waals surface area contributed by atoms with E-state index in [1.165, 1.54) is 0 Å². The number of hydrogen-bond donors (Lipinski definition) is 2. The number of fused-ring (bicyclic) bond motifs is 3. The standard InChI is InChI=1S/C12H15NO3S/c14-17(15)8-6-13-12-9-3-1-2-4-10(9)16-7-5-11(12)17/h1-4,6,11-12,14-15H,5,7-8H2. The first kappa shape index (κ1) is 11.1. The van der Waals surface area contributed by atoms with Gasteiger partial charge in [-0.15, -0.1) is 0 Å². The van der Waals surface area contributed by atoms with E-state index >= 15 is 0 Å². The lowest BCUT2D eigenvalue weighted by Gasteiger charge is -2.43. The van der Waals surface area contributed by atoms with Gasteiger partial charge in [0.25, 0.3) is 0 Å². The summed E-state index contributed by atoms with van der Waals surface area (Å²) >= 11 is 0. The normalized spacial score (nSPS) is 31.6. The molecule has 1 aromatic rings. The van der Waals surface area contributed by atoms with Crippen molar-refractivity contribution in [2.45, 2.75) is 17.7 Å². The Morgan fingerprint density at radius 2 is 2.12 bits per heavy atom. The van der Waals surface area contributed by atoms with Crippen molar-refractivity contribution in [2.75, 3.05) is 12.4 Å². The summed E-state index contributed by atoms with van der Waals surface area (Å²) in [4.78, 5) is 4.44. The van der Waals surface area contributed by atoms with Crippen LogP contribution in [0, 0.1) is 0 Å². The summed E-state index contributed by atoms with van der Waals surface area (Å²) in [5, 5.41) is -0.212. The molecule has 3 rings (SSSR count). The Hall–Kier alpha value is -1.04. The molecule has 4 nitrogen and oxygen atoms in total. The summed E-state index contributed by atoms with van der Waals surface area (Å²) < 4.78 is 25.9. The zero-order valence-electron chi connectivity index (χ0n) is 9.32. The molecule has 0 bridgehead atoms. The molecule has 2 N–H and O–H groups in total. The Morgan fingerprint density at radius 3 is 3.00 bits per heavy atom. The number of ether oxygens (including phenoxy) is 1. The smallest absolute Gasteiger partial charge is 0.124 e. The zero-order valence-corrected chi connectivity index (χ0v) is 10.1. The second-order valence-corrected chi connectivity index (χ2v) is 6.75. The first-order valence-electron chi connectivity index (χ1n) is 5.66. The van der Waals surface area contributed by atoms with Gasteiger partial charge in [0.15, 0.2) is 0 Å². The molecule has 2 aliphatic rings. The van der Waals surface area contributed by atoms with Gasteiger partial charge in [-0.3, -0.25) is 14.1 Å². The highest BCUT2D eigenvalue weighted by atomic mass is 32.3. The number of para-hydroxylation sites is 1. The van der Waals surface area contributed by atoms with Crippen LogP contribution in [0.2, 0.25) is 0 Å². The summed E-state index contributed by atoms with van der Waals surface area (Å²) in [6, 6.07) is 7.54. The molecule has 0 saturated carbocycles. The molecular formula is C12H15NO3S. The molecule has 0 saturated heterocycles. The summed E-state index contributed by atoms with van der Waals surface area (Å²) in [6.45, 7) is 0.517. The van der Waals surface area contributed by atoms with E-state index in [4.69, 9.17) is 4.74 Å². The van der Waals surface area contributed by atoms with Crippen LogP contribution < -0.4 is 4.74 Å². The minimum Gasteiger partial charge on any atom is -0.493 e. The Kier molecular flexibility index (Phi) is 2.61. The number of rotatable bonds is 0. The maximum absolute atomic E-state index is 10.1. The number of nitrogens with zero attached hydrogens (tertiary/aromatic N) is 1. The van der Waals surface area contributed by atoms with Gasteiger partial charge in [-0.1, -0.05) is 18.2 Å². The highest BCUT2D eigenvalue weighted by Gasteiger charge is 2.38. The van der Waals surface area contributed by atoms with Crippen LogP contribution in [0.5, 0.6) is 5.75 Å². The van der Waals surface area contributed by atoms with E-state index in [-0.39, 0.29) is 17.0 Å². The van der Waals surface area contributed by atoms with E-state index in [1.807, 2.05) is 24.3 Å². The predicted molar refractivity (Wildman–Crippen MR) is 69.3 cm³/mol. The highest BCUT2D eigenvalue weighted by molar-refractivity contribution is 8.25. The van der Waals surface area contributed by atoms with Gasteiger partial charge < -0.3 is 4.74 Å². The van der Waals surface area contributed by atoms with Gasteiger partial charge in [-0.25, -0.2) is 0 Å². The second kappa shape index (κ2) is 4.01. The minimum atomic E-state index is -2.58. The molecule has 5 heteroatoms. The molecule has 0 fully saturated rings. The maximum Gasteiger partial charge on any atom is 0.124 e. The fraction of sp³-hybridized carbons (Fsp3) is 0.417. The molecule has 0 aromatic heterocycles. The van der Waals surface area contributed by atoms with E-state index in [1.54, 1.807) is 6.21 Å². The Balaban J connectivity index is 2.09. The third-order valence-corrected chi connectivity index (χ3v) is 5.42. The SMILES string of the molecule is OS1(O)CC=NC2c3ccccc3OCCC21. The molecule has 2 heterocycles. The molecular weight excluding hydrogens is 238 g/mol. The van der Waals surface area contributed by atoms with Gasteiger partial charge in [0.1, 0.15) is 5.75 Å². The average Bonchev–Trinajstić information content (AvgIpc) is 2.49. The van der Waals surface area contributed by atoms with Crippen molar-refractivity contribution in [2.24, 2.45) is 4.99 Å². The van der Waals surface area contributed by atoms with Crippen LogP contribution >= 0.6 is 10.6 Å². The summed E-state index contributed by atoms with van der Waals surface area (Å²) in [6.07, 6.45) is 2.28. The number of benzene rings is 1. The van der Waals surface area contributed by atoms with Crippen molar-refractivity contribution in [3.8, 4) is 5.75 Å². The van der Waals surface area contributed by atoms with E-state index in [0.29, 0.717) is 13.0 Å². The van der Waals surface area contributed by atoms with E-state index in [9.17, 15) is 9.11 Å². The lowest BCUT2D eigenvalue weighted by Crippen LogP contribution is -2.30. The first-order valence-corrected chi connectivity index (χ1v) is 7.44. The fourth-order valence-corrected chi connectivity index (χ4v) is 4.12. The molecule has 2 unspecified atom stereocenters. The summed E-state index contributed by atoms with van der Waals surface area (Å²) in [5.41, 5.74) is 0.964. The number of hydrogen-bond acceptors (Lipinski definition) is 4. The minimum absolute atomic E-state index is 0.174. The third-order valence-electron chi connectivity index (χ3n) is 3.32. The molecule has 17 heavy (non-hydrogen) atoms. The van der Waals surface area contributed by atoms with E-state index in [2.05, 4.69) is 4.99 Å². The lowest BCUT2D eigenvalue weighted by atomic mass is 10.0. The number of aliphatic imine (C=N–C) groups is 1. The van der Waals surface area contributed by atoms with Crippen LogP contribution in [-0.4, -0.2) is 32.9 Å². The van der Waals surface area contributed by atoms with Crippen LogP contribution in [0.3, 0.4) is 0 Å².